The summed E-state index contributed by atoms with van der Waals surface area (Å²) in [4.78, 5) is 22.0. The van der Waals surface area contributed by atoms with Crippen molar-refractivity contribution in [2.45, 2.75) is 13.5 Å². The third-order valence-electron chi connectivity index (χ3n) is 2.59. The van der Waals surface area contributed by atoms with Gasteiger partial charge in [-0.25, -0.2) is 0 Å². The number of nitro benzene ring substituents is 1. The van der Waals surface area contributed by atoms with E-state index in [2.05, 4.69) is 10.5 Å². The van der Waals surface area contributed by atoms with Crippen LogP contribution >= 0.6 is 0 Å². The molecule has 0 spiro atoms. The molecule has 0 saturated carbocycles. The zero-order valence-corrected chi connectivity index (χ0v) is 10.6. The maximum Gasteiger partial charge on any atom is 0.270 e. The predicted octanol–water partition coefficient (Wildman–Crippen LogP) is 1.40. The molecule has 0 aliphatic rings. The molecule has 20 heavy (non-hydrogen) atoms. The third-order valence-corrected chi connectivity index (χ3v) is 2.59. The van der Waals surface area contributed by atoms with Crippen LogP contribution in [-0.2, 0) is 6.54 Å². The lowest BCUT2D eigenvalue weighted by Crippen LogP contribution is -2.23. The molecule has 0 fully saturated rings. The number of nitrogens with one attached hydrogen (secondary N) is 1. The molecule has 0 bridgehead atoms. The Hall–Kier alpha value is -2.90. The van der Waals surface area contributed by atoms with Crippen molar-refractivity contribution in [3.63, 3.8) is 0 Å². The van der Waals surface area contributed by atoms with Gasteiger partial charge < -0.3 is 15.6 Å². The molecule has 2 aromatic rings. The van der Waals surface area contributed by atoms with E-state index < -0.39 is 10.8 Å². The number of non-ortho nitro benzene ring substituents is 1. The van der Waals surface area contributed by atoms with Crippen LogP contribution < -0.4 is 11.1 Å². The van der Waals surface area contributed by atoms with Gasteiger partial charge in [0.1, 0.15) is 0 Å². The summed E-state index contributed by atoms with van der Waals surface area (Å²) in [6, 6.07) is 5.38. The molecular weight excluding hydrogens is 264 g/mol. The lowest BCUT2D eigenvalue weighted by atomic mass is 10.1. The zero-order valence-electron chi connectivity index (χ0n) is 10.6. The van der Waals surface area contributed by atoms with E-state index in [-0.39, 0.29) is 23.5 Å². The van der Waals surface area contributed by atoms with Crippen LogP contribution in [0.1, 0.15) is 21.8 Å². The maximum absolute atomic E-state index is 11.9. The highest BCUT2D eigenvalue weighted by Crippen LogP contribution is 2.19. The van der Waals surface area contributed by atoms with Gasteiger partial charge in [-0.1, -0.05) is 5.16 Å². The van der Waals surface area contributed by atoms with Gasteiger partial charge in [0.25, 0.3) is 11.6 Å². The smallest absolute Gasteiger partial charge is 0.270 e. The van der Waals surface area contributed by atoms with Gasteiger partial charge in [-0.2, -0.15) is 0 Å². The van der Waals surface area contributed by atoms with E-state index in [1.54, 1.807) is 13.0 Å². The van der Waals surface area contributed by atoms with Gasteiger partial charge in [-0.05, 0) is 13.0 Å². The Kier molecular flexibility index (Phi) is 3.65. The van der Waals surface area contributed by atoms with Gasteiger partial charge >= 0.3 is 0 Å². The summed E-state index contributed by atoms with van der Waals surface area (Å²) in [5.41, 5.74) is 6.37. The molecule has 0 aliphatic carbocycles. The van der Waals surface area contributed by atoms with Crippen LogP contribution in [-0.4, -0.2) is 16.0 Å². The minimum absolute atomic E-state index is 0.0513. The Morgan fingerprint density at radius 3 is 2.85 bits per heavy atom. The minimum Gasteiger partial charge on any atom is -0.398 e. The van der Waals surface area contributed by atoms with E-state index in [0.29, 0.717) is 11.5 Å². The van der Waals surface area contributed by atoms with E-state index >= 15 is 0 Å². The van der Waals surface area contributed by atoms with Crippen LogP contribution in [0.4, 0.5) is 11.4 Å². The van der Waals surface area contributed by atoms with E-state index in [4.69, 9.17) is 10.3 Å². The Morgan fingerprint density at radius 1 is 1.50 bits per heavy atom. The summed E-state index contributed by atoms with van der Waals surface area (Å²) < 4.78 is 4.94. The van der Waals surface area contributed by atoms with Crippen LogP contribution in [0, 0.1) is 17.0 Å². The third kappa shape index (κ3) is 2.91. The second-order valence-electron chi connectivity index (χ2n) is 4.15. The van der Waals surface area contributed by atoms with Crippen LogP contribution in [0.2, 0.25) is 0 Å². The normalized spacial score (nSPS) is 10.2. The monoisotopic (exact) mass is 276 g/mol. The second-order valence-corrected chi connectivity index (χ2v) is 4.15. The molecule has 3 N–H and O–H groups in total. The van der Waals surface area contributed by atoms with Crippen molar-refractivity contribution in [1.29, 1.82) is 0 Å². The van der Waals surface area contributed by atoms with Gasteiger partial charge in [0.15, 0.2) is 5.76 Å². The highest BCUT2D eigenvalue weighted by molar-refractivity contribution is 5.99. The quantitative estimate of drug-likeness (QED) is 0.494. The Bertz CT molecular complexity index is 665. The van der Waals surface area contributed by atoms with Crippen LogP contribution in [0.15, 0.2) is 28.8 Å². The molecule has 8 nitrogen and oxygen atoms in total. The number of nitro groups is 1. The van der Waals surface area contributed by atoms with Gasteiger partial charge in [0.05, 0.1) is 22.7 Å². The lowest BCUT2D eigenvalue weighted by Gasteiger charge is -2.05. The van der Waals surface area contributed by atoms with Gasteiger partial charge in [0.2, 0.25) is 0 Å². The van der Waals surface area contributed by atoms with E-state index in [1.807, 2.05) is 0 Å². The molecule has 1 aromatic carbocycles. The van der Waals surface area contributed by atoms with Crippen molar-refractivity contribution in [3.05, 3.63) is 51.4 Å². The fourth-order valence-electron chi connectivity index (χ4n) is 1.62. The number of hydrogen-bond donors (Lipinski definition) is 2. The Balaban J connectivity index is 2.12. The Morgan fingerprint density at radius 2 is 2.25 bits per heavy atom. The van der Waals surface area contributed by atoms with Crippen molar-refractivity contribution in [3.8, 4) is 0 Å². The molecule has 0 saturated heterocycles. The maximum atomic E-state index is 11.9. The van der Waals surface area contributed by atoms with E-state index in [1.165, 1.54) is 12.1 Å². The van der Waals surface area contributed by atoms with Crippen molar-refractivity contribution in [2.75, 3.05) is 5.73 Å². The first kappa shape index (κ1) is 13.5. The average Bonchev–Trinajstić information content (AvgIpc) is 2.82. The number of amides is 1. The lowest BCUT2D eigenvalue weighted by molar-refractivity contribution is -0.384. The molecule has 1 heterocycles. The van der Waals surface area contributed by atoms with E-state index in [9.17, 15) is 14.9 Å². The summed E-state index contributed by atoms with van der Waals surface area (Å²) in [7, 11) is 0. The molecule has 0 atom stereocenters. The molecule has 2 rings (SSSR count). The predicted molar refractivity (Wildman–Crippen MR) is 69.9 cm³/mol. The summed E-state index contributed by atoms with van der Waals surface area (Å²) in [6.45, 7) is 1.88. The number of nitrogens with zero attached hydrogens (tertiary/aromatic N) is 2. The fraction of sp³-hybridized carbons (Fsp3) is 0.167. The molecule has 0 aliphatic heterocycles. The largest absolute Gasteiger partial charge is 0.398 e. The number of nitrogens with two attached hydrogens (primary N) is 1. The molecule has 1 aromatic heterocycles. The number of hydrogen-bond acceptors (Lipinski definition) is 6. The van der Waals surface area contributed by atoms with Gasteiger partial charge in [0, 0.05) is 23.9 Å². The average molecular weight is 276 g/mol. The van der Waals surface area contributed by atoms with Crippen molar-refractivity contribution < 1.29 is 14.2 Å². The fourth-order valence-corrected chi connectivity index (χ4v) is 1.62. The molecule has 0 radical (unpaired) electrons. The molecule has 8 heteroatoms. The number of benzene rings is 1. The first-order valence-electron chi connectivity index (χ1n) is 5.71. The number of nitrogen functional groups attached to an aromatic ring is 1. The SMILES string of the molecule is Cc1cc(CNC(=O)c2cc([N+](=O)[O-])ccc2N)on1. The van der Waals surface area contributed by atoms with Crippen LogP contribution in [0.3, 0.4) is 0 Å². The molecule has 104 valence electrons. The number of anilines is 1. The first-order chi connectivity index (χ1) is 9.47. The molecular formula is C12H12N4O4. The Labute approximate surface area is 113 Å². The van der Waals surface area contributed by atoms with E-state index in [0.717, 1.165) is 6.07 Å². The molecule has 1 amide bonds. The van der Waals surface area contributed by atoms with Crippen molar-refractivity contribution in [2.24, 2.45) is 0 Å². The number of carbonyl (C=O) groups excluding carboxylic acids is 1. The first-order valence-corrected chi connectivity index (χ1v) is 5.71. The number of aryl methyl sites for hydroxylation is 1. The zero-order chi connectivity index (χ0) is 14.7. The highest BCUT2D eigenvalue weighted by atomic mass is 16.6. The summed E-state index contributed by atoms with van der Waals surface area (Å²) in [5.74, 6) is -0.0277. The van der Waals surface area contributed by atoms with Crippen molar-refractivity contribution in [1.82, 2.24) is 10.5 Å². The highest BCUT2D eigenvalue weighted by Gasteiger charge is 2.15. The second kappa shape index (κ2) is 5.39. The topological polar surface area (TPSA) is 124 Å². The number of aromatic nitrogens is 1. The van der Waals surface area contributed by atoms with Gasteiger partial charge in [-0.3, -0.25) is 14.9 Å². The number of rotatable bonds is 4. The minimum atomic E-state index is -0.587. The van der Waals surface area contributed by atoms with Crippen LogP contribution in [0.25, 0.3) is 0 Å². The summed E-state index contributed by atoms with van der Waals surface area (Å²) >= 11 is 0. The van der Waals surface area contributed by atoms with Gasteiger partial charge in [-0.15, -0.1) is 0 Å². The van der Waals surface area contributed by atoms with Crippen molar-refractivity contribution >= 4 is 17.3 Å². The standard InChI is InChI=1S/C12H12N4O4/c1-7-4-9(20-15-7)6-14-12(17)10-5-8(16(18)19)2-3-11(10)13/h2-5H,6,13H2,1H3,(H,14,17). The summed E-state index contributed by atoms with van der Waals surface area (Å²) in [6.07, 6.45) is 0. The summed E-state index contributed by atoms with van der Waals surface area (Å²) in [5, 5.41) is 16.9. The van der Waals surface area contributed by atoms with Crippen LogP contribution in [0.5, 0.6) is 0 Å². The number of carbonyl (C=O) groups is 1. The molecule has 0 unspecified atom stereocenters.